The van der Waals surface area contributed by atoms with Crippen LogP contribution in [0.2, 0.25) is 0 Å². The molecule has 0 saturated carbocycles. The molecule has 0 amide bonds. The van der Waals surface area contributed by atoms with E-state index < -0.39 is 0 Å². The predicted molar refractivity (Wildman–Crippen MR) is 67.4 cm³/mol. The lowest BCUT2D eigenvalue weighted by molar-refractivity contribution is 0.436. The fourth-order valence-electron chi connectivity index (χ4n) is 1.76. The van der Waals surface area contributed by atoms with Gasteiger partial charge in [-0.05, 0) is 24.3 Å². The highest BCUT2D eigenvalue weighted by Gasteiger charge is 2.18. The molecule has 2 N–H and O–H groups in total. The lowest BCUT2D eigenvalue weighted by Crippen LogP contribution is -1.90. The Kier molecular flexibility index (Phi) is 2.49. The van der Waals surface area contributed by atoms with E-state index in [9.17, 15) is 0 Å². The Balaban J connectivity index is 2.19. The second-order valence-corrected chi connectivity index (χ2v) is 3.72. The van der Waals surface area contributed by atoms with Gasteiger partial charge in [0.2, 0.25) is 0 Å². The maximum atomic E-state index is 5.85. The first kappa shape index (κ1) is 10.5. The molecule has 18 heavy (non-hydrogen) atoms. The number of nitrogen functional groups attached to an aromatic ring is 1. The summed E-state index contributed by atoms with van der Waals surface area (Å²) in [6.45, 7) is 0. The van der Waals surface area contributed by atoms with Gasteiger partial charge >= 0.3 is 0 Å². The molecule has 0 saturated heterocycles. The number of hydrogen-bond donors (Lipinski definition) is 1. The molecule has 0 spiro atoms. The van der Waals surface area contributed by atoms with Gasteiger partial charge in [-0.25, -0.2) is 0 Å². The molecule has 0 aliphatic carbocycles. The Labute approximate surface area is 103 Å². The highest BCUT2D eigenvalue weighted by Crippen LogP contribution is 2.34. The van der Waals surface area contributed by atoms with Gasteiger partial charge in [0.1, 0.15) is 0 Å². The zero-order chi connectivity index (χ0) is 12.4. The molecule has 0 atom stereocenters. The van der Waals surface area contributed by atoms with Crippen LogP contribution < -0.4 is 5.73 Å². The van der Waals surface area contributed by atoms with Crippen LogP contribution in [0, 0.1) is 0 Å². The second kappa shape index (κ2) is 4.29. The van der Waals surface area contributed by atoms with Crippen LogP contribution in [0.3, 0.4) is 0 Å². The van der Waals surface area contributed by atoms with Crippen molar-refractivity contribution in [1.29, 1.82) is 0 Å². The molecule has 0 aliphatic rings. The highest BCUT2D eigenvalue weighted by molar-refractivity contribution is 5.84. The molecule has 0 bridgehead atoms. The van der Waals surface area contributed by atoms with Crippen molar-refractivity contribution in [2.75, 3.05) is 5.73 Å². The lowest BCUT2D eigenvalue weighted by Gasteiger charge is -2.01. The summed E-state index contributed by atoms with van der Waals surface area (Å²) in [7, 11) is 0. The van der Waals surface area contributed by atoms with Crippen molar-refractivity contribution in [3.05, 3.63) is 48.9 Å². The number of pyridine rings is 2. The van der Waals surface area contributed by atoms with E-state index in [0.29, 0.717) is 17.1 Å². The summed E-state index contributed by atoms with van der Waals surface area (Å²) in [6.07, 6.45) is 5.09. The van der Waals surface area contributed by atoms with E-state index in [1.807, 2.05) is 30.3 Å². The standard InChI is InChI=1S/C13H10N4O/c14-13-11(10-3-1-2-6-16-10)12(18-17-13)9-4-7-15-8-5-9/h1-8H,(H2,14,17). The molecular weight excluding hydrogens is 228 g/mol. The van der Waals surface area contributed by atoms with Gasteiger partial charge in [0.25, 0.3) is 0 Å². The van der Waals surface area contributed by atoms with Crippen molar-refractivity contribution in [3.63, 3.8) is 0 Å². The van der Waals surface area contributed by atoms with Gasteiger partial charge in [-0.15, -0.1) is 0 Å². The molecule has 0 aliphatic heterocycles. The zero-order valence-electron chi connectivity index (χ0n) is 9.45. The molecule has 0 radical (unpaired) electrons. The quantitative estimate of drug-likeness (QED) is 0.741. The average molecular weight is 238 g/mol. The van der Waals surface area contributed by atoms with Gasteiger partial charge in [-0.3, -0.25) is 9.97 Å². The number of hydrogen-bond acceptors (Lipinski definition) is 5. The van der Waals surface area contributed by atoms with E-state index in [0.717, 1.165) is 11.3 Å². The van der Waals surface area contributed by atoms with Crippen LogP contribution in [0.5, 0.6) is 0 Å². The molecule has 0 aromatic carbocycles. The fraction of sp³-hybridized carbons (Fsp3) is 0. The maximum Gasteiger partial charge on any atom is 0.178 e. The first-order chi connectivity index (χ1) is 8.86. The summed E-state index contributed by atoms with van der Waals surface area (Å²) in [4.78, 5) is 8.24. The summed E-state index contributed by atoms with van der Waals surface area (Å²) in [6, 6.07) is 9.29. The van der Waals surface area contributed by atoms with Crippen molar-refractivity contribution in [2.45, 2.75) is 0 Å². The Morgan fingerprint density at radius 3 is 2.56 bits per heavy atom. The smallest absolute Gasteiger partial charge is 0.178 e. The van der Waals surface area contributed by atoms with Crippen molar-refractivity contribution < 1.29 is 4.52 Å². The normalized spacial score (nSPS) is 10.4. The molecule has 3 rings (SSSR count). The van der Waals surface area contributed by atoms with Crippen molar-refractivity contribution in [3.8, 4) is 22.6 Å². The summed E-state index contributed by atoms with van der Waals surface area (Å²) in [5, 5.41) is 3.81. The Morgan fingerprint density at radius 1 is 1.00 bits per heavy atom. The number of rotatable bonds is 2. The van der Waals surface area contributed by atoms with Crippen LogP contribution in [0.15, 0.2) is 53.4 Å². The van der Waals surface area contributed by atoms with Gasteiger partial charge in [0.15, 0.2) is 11.6 Å². The van der Waals surface area contributed by atoms with Crippen molar-refractivity contribution >= 4 is 5.82 Å². The lowest BCUT2D eigenvalue weighted by atomic mass is 10.1. The summed E-state index contributed by atoms with van der Waals surface area (Å²) in [5.74, 6) is 0.939. The minimum atomic E-state index is 0.334. The van der Waals surface area contributed by atoms with Gasteiger partial charge in [-0.1, -0.05) is 11.2 Å². The topological polar surface area (TPSA) is 77.8 Å². The van der Waals surface area contributed by atoms with E-state index in [1.165, 1.54) is 0 Å². The number of anilines is 1. The minimum absolute atomic E-state index is 0.334. The van der Waals surface area contributed by atoms with E-state index in [2.05, 4.69) is 15.1 Å². The average Bonchev–Trinajstić information content (AvgIpc) is 2.83. The Morgan fingerprint density at radius 2 is 1.83 bits per heavy atom. The molecule has 0 unspecified atom stereocenters. The molecule has 3 heterocycles. The SMILES string of the molecule is Nc1noc(-c2ccncc2)c1-c1ccccn1. The number of aromatic nitrogens is 3. The Hall–Kier alpha value is -2.69. The first-order valence-electron chi connectivity index (χ1n) is 5.43. The van der Waals surface area contributed by atoms with Gasteiger partial charge in [0, 0.05) is 24.2 Å². The third kappa shape index (κ3) is 1.71. The zero-order valence-corrected chi connectivity index (χ0v) is 9.45. The van der Waals surface area contributed by atoms with Crippen LogP contribution in [0.25, 0.3) is 22.6 Å². The van der Waals surface area contributed by atoms with Crippen molar-refractivity contribution in [2.24, 2.45) is 0 Å². The first-order valence-corrected chi connectivity index (χ1v) is 5.43. The van der Waals surface area contributed by atoms with Crippen LogP contribution >= 0.6 is 0 Å². The van der Waals surface area contributed by atoms with Crippen LogP contribution in [0.1, 0.15) is 0 Å². The van der Waals surface area contributed by atoms with Crippen LogP contribution in [0.4, 0.5) is 5.82 Å². The third-order valence-electron chi connectivity index (χ3n) is 2.58. The van der Waals surface area contributed by atoms with E-state index in [-0.39, 0.29) is 0 Å². The maximum absolute atomic E-state index is 5.85. The van der Waals surface area contributed by atoms with E-state index >= 15 is 0 Å². The van der Waals surface area contributed by atoms with E-state index in [4.69, 9.17) is 10.3 Å². The highest BCUT2D eigenvalue weighted by atomic mass is 16.5. The third-order valence-corrected chi connectivity index (χ3v) is 2.58. The van der Waals surface area contributed by atoms with Gasteiger partial charge < -0.3 is 10.3 Å². The monoisotopic (exact) mass is 238 g/mol. The van der Waals surface area contributed by atoms with Gasteiger partial charge in [-0.2, -0.15) is 0 Å². The van der Waals surface area contributed by atoms with Crippen molar-refractivity contribution in [1.82, 2.24) is 15.1 Å². The minimum Gasteiger partial charge on any atom is -0.380 e. The molecule has 0 fully saturated rings. The number of nitrogens with two attached hydrogens (primary N) is 1. The van der Waals surface area contributed by atoms with Crippen LogP contribution in [-0.4, -0.2) is 15.1 Å². The molecule has 3 aromatic rings. The molecule has 88 valence electrons. The Bertz CT molecular complexity index is 649. The number of nitrogens with zero attached hydrogens (tertiary/aromatic N) is 3. The summed E-state index contributed by atoms with van der Waals surface area (Å²) < 4.78 is 5.29. The molecule has 5 heteroatoms. The van der Waals surface area contributed by atoms with E-state index in [1.54, 1.807) is 18.6 Å². The largest absolute Gasteiger partial charge is 0.380 e. The molecular formula is C13H10N4O. The second-order valence-electron chi connectivity index (χ2n) is 3.72. The fourth-order valence-corrected chi connectivity index (χ4v) is 1.76. The van der Waals surface area contributed by atoms with Crippen LogP contribution in [-0.2, 0) is 0 Å². The van der Waals surface area contributed by atoms with Gasteiger partial charge in [0.05, 0.1) is 11.3 Å². The summed E-state index contributed by atoms with van der Waals surface area (Å²) >= 11 is 0. The molecule has 5 nitrogen and oxygen atoms in total. The summed E-state index contributed by atoms with van der Waals surface area (Å²) in [5.41, 5.74) is 8.17. The predicted octanol–water partition coefficient (Wildman–Crippen LogP) is 2.38. The molecule has 3 aromatic heterocycles.